The summed E-state index contributed by atoms with van der Waals surface area (Å²) in [6.45, 7) is 1.46. The van der Waals surface area contributed by atoms with Gasteiger partial charge in [0, 0.05) is 6.92 Å². The molecular formula is C16H16FNO2. The summed E-state index contributed by atoms with van der Waals surface area (Å²) >= 11 is 0. The van der Waals surface area contributed by atoms with Crippen molar-refractivity contribution in [2.45, 2.75) is 13.0 Å². The monoisotopic (exact) mass is 273 g/mol. The lowest BCUT2D eigenvalue weighted by molar-refractivity contribution is -0.119. The number of carbonyl (C=O) groups is 1. The lowest BCUT2D eigenvalue weighted by Crippen LogP contribution is -2.26. The highest BCUT2D eigenvalue weighted by molar-refractivity contribution is 5.74. The standard InChI is InChI=1S/C16H16FNO2/c1-11(19)18-16(12-3-7-14(17)8-4-12)13-5-9-15(20-2)10-6-13/h3-10,16H,1-2H3,(H,18,19)/t16-/m0/s1. The van der Waals surface area contributed by atoms with Crippen LogP contribution in [0.2, 0.25) is 0 Å². The molecule has 2 rings (SSSR count). The highest BCUT2D eigenvalue weighted by Gasteiger charge is 2.15. The first-order valence-electron chi connectivity index (χ1n) is 6.26. The lowest BCUT2D eigenvalue weighted by Gasteiger charge is -2.19. The highest BCUT2D eigenvalue weighted by Crippen LogP contribution is 2.24. The van der Waals surface area contributed by atoms with Crippen molar-refractivity contribution in [3.05, 3.63) is 65.5 Å². The molecule has 1 atom stereocenters. The Morgan fingerprint density at radius 2 is 1.55 bits per heavy atom. The van der Waals surface area contributed by atoms with Crippen molar-refractivity contribution in [2.24, 2.45) is 0 Å². The molecular weight excluding hydrogens is 257 g/mol. The van der Waals surface area contributed by atoms with Gasteiger partial charge in [-0.15, -0.1) is 0 Å². The topological polar surface area (TPSA) is 38.3 Å². The molecule has 2 aromatic carbocycles. The van der Waals surface area contributed by atoms with E-state index in [0.29, 0.717) is 0 Å². The van der Waals surface area contributed by atoms with Gasteiger partial charge in [0.2, 0.25) is 5.91 Å². The van der Waals surface area contributed by atoms with E-state index in [2.05, 4.69) is 5.32 Å². The number of hydrogen-bond donors (Lipinski definition) is 1. The second kappa shape index (κ2) is 6.19. The van der Waals surface area contributed by atoms with E-state index < -0.39 is 0 Å². The number of ether oxygens (including phenoxy) is 1. The van der Waals surface area contributed by atoms with Crippen molar-refractivity contribution in [3.8, 4) is 5.75 Å². The van der Waals surface area contributed by atoms with E-state index in [1.807, 2.05) is 24.3 Å². The van der Waals surface area contributed by atoms with Crippen molar-refractivity contribution in [1.82, 2.24) is 5.32 Å². The van der Waals surface area contributed by atoms with Crippen molar-refractivity contribution in [2.75, 3.05) is 7.11 Å². The van der Waals surface area contributed by atoms with Gasteiger partial charge < -0.3 is 10.1 Å². The van der Waals surface area contributed by atoms with Crippen LogP contribution in [0.3, 0.4) is 0 Å². The normalized spacial score (nSPS) is 11.8. The Bertz CT molecular complexity index is 578. The van der Waals surface area contributed by atoms with Crippen LogP contribution in [0.1, 0.15) is 24.1 Å². The van der Waals surface area contributed by atoms with Gasteiger partial charge in [-0.25, -0.2) is 4.39 Å². The van der Waals surface area contributed by atoms with Crippen LogP contribution in [-0.4, -0.2) is 13.0 Å². The van der Waals surface area contributed by atoms with Crippen LogP contribution < -0.4 is 10.1 Å². The molecule has 0 fully saturated rings. The molecule has 4 heteroatoms. The van der Waals surface area contributed by atoms with Gasteiger partial charge >= 0.3 is 0 Å². The lowest BCUT2D eigenvalue weighted by atomic mass is 9.98. The number of methoxy groups -OCH3 is 1. The molecule has 3 nitrogen and oxygen atoms in total. The van der Waals surface area contributed by atoms with Crippen LogP contribution in [0.4, 0.5) is 4.39 Å². The van der Waals surface area contributed by atoms with E-state index in [4.69, 9.17) is 4.74 Å². The van der Waals surface area contributed by atoms with Gasteiger partial charge in [-0.1, -0.05) is 24.3 Å². The highest BCUT2D eigenvalue weighted by atomic mass is 19.1. The zero-order chi connectivity index (χ0) is 14.5. The van der Waals surface area contributed by atoms with Gasteiger partial charge in [-0.3, -0.25) is 4.79 Å². The largest absolute Gasteiger partial charge is 0.497 e. The van der Waals surface area contributed by atoms with Crippen molar-refractivity contribution < 1.29 is 13.9 Å². The number of benzene rings is 2. The summed E-state index contributed by atoms with van der Waals surface area (Å²) in [5.74, 6) is 0.301. The van der Waals surface area contributed by atoms with Gasteiger partial charge in [-0.05, 0) is 35.4 Å². The van der Waals surface area contributed by atoms with Crippen LogP contribution >= 0.6 is 0 Å². The van der Waals surface area contributed by atoms with E-state index in [0.717, 1.165) is 16.9 Å². The van der Waals surface area contributed by atoms with Crippen molar-refractivity contribution in [3.63, 3.8) is 0 Å². The first-order valence-corrected chi connectivity index (χ1v) is 6.26. The summed E-state index contributed by atoms with van der Waals surface area (Å²) in [6, 6.07) is 13.2. The Kier molecular flexibility index (Phi) is 4.35. The molecule has 0 radical (unpaired) electrons. The summed E-state index contributed by atoms with van der Waals surface area (Å²) < 4.78 is 18.1. The molecule has 0 unspecified atom stereocenters. The third kappa shape index (κ3) is 3.35. The number of hydrogen-bond acceptors (Lipinski definition) is 2. The Morgan fingerprint density at radius 3 is 2.00 bits per heavy atom. The molecule has 2 aromatic rings. The molecule has 1 N–H and O–H groups in total. The van der Waals surface area contributed by atoms with E-state index in [1.54, 1.807) is 19.2 Å². The first-order chi connectivity index (χ1) is 9.60. The summed E-state index contributed by atoms with van der Waals surface area (Å²) in [7, 11) is 1.60. The smallest absolute Gasteiger partial charge is 0.217 e. The molecule has 0 aliphatic carbocycles. The fourth-order valence-corrected chi connectivity index (χ4v) is 2.01. The Labute approximate surface area is 117 Å². The molecule has 0 aliphatic heterocycles. The summed E-state index contributed by atoms with van der Waals surface area (Å²) in [5, 5.41) is 2.87. The average molecular weight is 273 g/mol. The fraction of sp³-hybridized carbons (Fsp3) is 0.188. The van der Waals surface area contributed by atoms with E-state index in [-0.39, 0.29) is 17.8 Å². The Morgan fingerprint density at radius 1 is 1.05 bits per heavy atom. The van der Waals surface area contributed by atoms with Crippen LogP contribution in [0, 0.1) is 5.82 Å². The second-order valence-corrected chi connectivity index (χ2v) is 4.46. The number of nitrogens with one attached hydrogen (secondary N) is 1. The summed E-state index contributed by atoms with van der Waals surface area (Å²) in [6.07, 6.45) is 0. The van der Waals surface area contributed by atoms with Crippen molar-refractivity contribution in [1.29, 1.82) is 0 Å². The summed E-state index contributed by atoms with van der Waals surface area (Å²) in [5.41, 5.74) is 1.74. The maximum absolute atomic E-state index is 13.0. The molecule has 0 heterocycles. The Balaban J connectivity index is 2.35. The van der Waals surface area contributed by atoms with Gasteiger partial charge in [0.1, 0.15) is 11.6 Å². The van der Waals surface area contributed by atoms with Crippen LogP contribution in [-0.2, 0) is 4.79 Å². The number of rotatable bonds is 4. The molecule has 0 saturated heterocycles. The molecule has 20 heavy (non-hydrogen) atoms. The van der Waals surface area contributed by atoms with Crippen LogP contribution in [0.5, 0.6) is 5.75 Å². The number of carbonyl (C=O) groups excluding carboxylic acids is 1. The third-order valence-corrected chi connectivity index (χ3v) is 3.00. The molecule has 1 amide bonds. The maximum atomic E-state index is 13.0. The maximum Gasteiger partial charge on any atom is 0.217 e. The molecule has 104 valence electrons. The fourth-order valence-electron chi connectivity index (χ4n) is 2.01. The molecule has 0 aliphatic rings. The summed E-state index contributed by atoms with van der Waals surface area (Å²) in [4.78, 5) is 11.4. The Hall–Kier alpha value is -2.36. The third-order valence-electron chi connectivity index (χ3n) is 3.00. The molecule has 0 saturated carbocycles. The van der Waals surface area contributed by atoms with Gasteiger partial charge in [0.25, 0.3) is 0 Å². The quantitative estimate of drug-likeness (QED) is 0.929. The minimum Gasteiger partial charge on any atom is -0.497 e. The first kappa shape index (κ1) is 14.1. The van der Waals surface area contributed by atoms with Gasteiger partial charge in [0.05, 0.1) is 13.2 Å². The number of amides is 1. The number of halogens is 1. The van der Waals surface area contributed by atoms with E-state index in [9.17, 15) is 9.18 Å². The van der Waals surface area contributed by atoms with Gasteiger partial charge in [-0.2, -0.15) is 0 Å². The van der Waals surface area contributed by atoms with Crippen molar-refractivity contribution >= 4 is 5.91 Å². The zero-order valence-electron chi connectivity index (χ0n) is 11.4. The second-order valence-electron chi connectivity index (χ2n) is 4.46. The SMILES string of the molecule is COc1ccc([C@@H](NC(C)=O)c2ccc(F)cc2)cc1. The predicted octanol–water partition coefficient (Wildman–Crippen LogP) is 3.06. The predicted molar refractivity (Wildman–Crippen MR) is 75.1 cm³/mol. The van der Waals surface area contributed by atoms with Crippen LogP contribution in [0.25, 0.3) is 0 Å². The minimum absolute atomic E-state index is 0.143. The van der Waals surface area contributed by atoms with E-state index >= 15 is 0 Å². The molecule has 0 spiro atoms. The molecule has 0 aromatic heterocycles. The van der Waals surface area contributed by atoms with Gasteiger partial charge in [0.15, 0.2) is 0 Å². The average Bonchev–Trinajstić information content (AvgIpc) is 2.46. The molecule has 0 bridgehead atoms. The van der Waals surface area contributed by atoms with E-state index in [1.165, 1.54) is 19.1 Å². The minimum atomic E-state index is -0.306. The zero-order valence-corrected chi connectivity index (χ0v) is 11.4. The van der Waals surface area contributed by atoms with Crippen LogP contribution in [0.15, 0.2) is 48.5 Å².